The first-order chi connectivity index (χ1) is 17.7. The van der Waals surface area contributed by atoms with Gasteiger partial charge in [0.15, 0.2) is 6.61 Å². The predicted octanol–water partition coefficient (Wildman–Crippen LogP) is 6.00. The summed E-state index contributed by atoms with van der Waals surface area (Å²) in [5.74, 6) is -0.498. The predicted molar refractivity (Wildman–Crippen MR) is 133 cm³/mol. The molecule has 0 fully saturated rings. The number of benzene rings is 2. The van der Waals surface area contributed by atoms with Crippen LogP contribution in [0.2, 0.25) is 0 Å². The number of nitrogens with zero attached hydrogens (tertiary/aromatic N) is 4. The molecular formula is C27H22F3N5O2. The molecule has 0 saturated heterocycles. The van der Waals surface area contributed by atoms with Gasteiger partial charge in [0.1, 0.15) is 11.4 Å². The average Bonchev–Trinajstić information content (AvgIpc) is 3.46. The van der Waals surface area contributed by atoms with Gasteiger partial charge in [0.2, 0.25) is 0 Å². The highest BCUT2D eigenvalue weighted by Gasteiger charge is 2.28. The van der Waals surface area contributed by atoms with Crippen LogP contribution in [0.3, 0.4) is 0 Å². The second kappa shape index (κ2) is 9.45. The van der Waals surface area contributed by atoms with E-state index in [1.165, 1.54) is 24.3 Å². The van der Waals surface area contributed by atoms with E-state index < -0.39 is 18.7 Å². The Morgan fingerprint density at radius 1 is 1.03 bits per heavy atom. The molecule has 3 heterocycles. The van der Waals surface area contributed by atoms with E-state index in [0.29, 0.717) is 5.69 Å². The van der Waals surface area contributed by atoms with Crippen LogP contribution >= 0.6 is 0 Å². The second-order valence-corrected chi connectivity index (χ2v) is 8.58. The third kappa shape index (κ3) is 5.18. The van der Waals surface area contributed by atoms with Crippen molar-refractivity contribution >= 4 is 17.2 Å². The highest BCUT2D eigenvalue weighted by atomic mass is 19.4. The minimum atomic E-state index is -4.47. The van der Waals surface area contributed by atoms with Crippen molar-refractivity contribution in [3.63, 3.8) is 0 Å². The van der Waals surface area contributed by atoms with Crippen LogP contribution in [-0.2, 0) is 0 Å². The first-order valence-electron chi connectivity index (χ1n) is 11.4. The fourth-order valence-corrected chi connectivity index (χ4v) is 4.06. The lowest BCUT2D eigenvalue weighted by molar-refractivity contribution is -0.153. The van der Waals surface area contributed by atoms with Crippen molar-refractivity contribution < 1.29 is 22.7 Å². The van der Waals surface area contributed by atoms with Gasteiger partial charge >= 0.3 is 6.18 Å². The summed E-state index contributed by atoms with van der Waals surface area (Å²) in [6.07, 6.45) is 2.72. The first-order valence-corrected chi connectivity index (χ1v) is 11.4. The lowest BCUT2D eigenvalue weighted by Gasteiger charge is -2.15. The van der Waals surface area contributed by atoms with E-state index in [1.807, 2.05) is 61.1 Å². The van der Waals surface area contributed by atoms with Gasteiger partial charge in [0.25, 0.3) is 5.91 Å². The lowest BCUT2D eigenvalue weighted by atomic mass is 10.1. The number of carbonyl (C=O) groups is 1. The summed E-state index contributed by atoms with van der Waals surface area (Å²) in [7, 11) is 0. The maximum Gasteiger partial charge on any atom is 0.422 e. The van der Waals surface area contributed by atoms with Gasteiger partial charge in [-0.1, -0.05) is 12.1 Å². The number of imidazole rings is 1. The van der Waals surface area contributed by atoms with E-state index in [9.17, 15) is 18.0 Å². The highest BCUT2D eigenvalue weighted by molar-refractivity contribution is 6.05. The molecule has 5 rings (SSSR count). The van der Waals surface area contributed by atoms with E-state index in [0.717, 1.165) is 33.7 Å². The molecule has 0 bridgehead atoms. The Labute approximate surface area is 210 Å². The van der Waals surface area contributed by atoms with E-state index in [-0.39, 0.29) is 11.3 Å². The zero-order chi connectivity index (χ0) is 26.2. The number of alkyl halides is 3. The molecule has 0 radical (unpaired) electrons. The maximum absolute atomic E-state index is 13.0. The van der Waals surface area contributed by atoms with E-state index in [2.05, 4.69) is 15.4 Å². The number of hydrogen-bond acceptors (Lipinski definition) is 4. The average molecular weight is 506 g/mol. The summed E-state index contributed by atoms with van der Waals surface area (Å²) in [4.78, 5) is 17.1. The van der Waals surface area contributed by atoms with Gasteiger partial charge in [0, 0.05) is 47.7 Å². The Kier molecular flexibility index (Phi) is 6.16. The van der Waals surface area contributed by atoms with E-state index in [4.69, 9.17) is 4.74 Å². The van der Waals surface area contributed by atoms with Gasteiger partial charge in [-0.25, -0.2) is 4.52 Å². The highest BCUT2D eigenvalue weighted by Crippen LogP contribution is 2.28. The molecule has 1 amide bonds. The first kappa shape index (κ1) is 24.1. The standard InChI is InChI=1S/C27H22F3N5O2/c1-17-11-18(2)24(34-9-10-35-25(34)14-23(33-35)20-6-4-8-31-15-20)13-22(17)32-26(36)19-5-3-7-21(12-19)37-16-27(28,29)30/h3-15H,16H2,1-2H3,(H,32,36). The smallest absolute Gasteiger partial charge is 0.422 e. The molecule has 0 atom stereocenters. The SMILES string of the molecule is Cc1cc(C)c(-n2ccn3nc(-c4cccnc4)cc23)cc1NC(=O)c1cccc(OCC(F)(F)F)c1. The zero-order valence-electron chi connectivity index (χ0n) is 20.0. The minimum Gasteiger partial charge on any atom is -0.484 e. The van der Waals surface area contributed by atoms with Crippen molar-refractivity contribution in [2.75, 3.05) is 11.9 Å². The second-order valence-electron chi connectivity index (χ2n) is 8.58. The molecule has 0 aliphatic heterocycles. The van der Waals surface area contributed by atoms with Crippen molar-refractivity contribution in [1.82, 2.24) is 19.2 Å². The monoisotopic (exact) mass is 505 g/mol. The summed E-state index contributed by atoms with van der Waals surface area (Å²) in [6.45, 7) is 2.42. The van der Waals surface area contributed by atoms with Crippen LogP contribution in [-0.4, -0.2) is 37.9 Å². The summed E-state index contributed by atoms with van der Waals surface area (Å²) in [6, 6.07) is 15.2. The maximum atomic E-state index is 13.0. The van der Waals surface area contributed by atoms with Crippen molar-refractivity contribution in [2.24, 2.45) is 0 Å². The molecule has 5 aromatic rings. The third-order valence-electron chi connectivity index (χ3n) is 5.83. The van der Waals surface area contributed by atoms with Gasteiger partial charge in [-0.15, -0.1) is 0 Å². The Morgan fingerprint density at radius 2 is 1.86 bits per heavy atom. The quantitative estimate of drug-likeness (QED) is 0.307. The van der Waals surface area contributed by atoms with Crippen LogP contribution in [0.25, 0.3) is 22.6 Å². The number of nitrogens with one attached hydrogen (secondary N) is 1. The summed E-state index contributed by atoms with van der Waals surface area (Å²) < 4.78 is 46.0. The Hall–Kier alpha value is -4.60. The van der Waals surface area contributed by atoms with Crippen LogP contribution in [0.4, 0.5) is 18.9 Å². The number of ether oxygens (including phenoxy) is 1. The minimum absolute atomic E-state index is 0.0359. The number of pyridine rings is 1. The van der Waals surface area contributed by atoms with E-state index in [1.54, 1.807) is 16.9 Å². The molecule has 7 nitrogen and oxygen atoms in total. The van der Waals surface area contributed by atoms with Crippen molar-refractivity contribution in [3.8, 4) is 22.7 Å². The molecule has 1 N–H and O–H groups in total. The van der Waals surface area contributed by atoms with Gasteiger partial charge in [-0.3, -0.25) is 14.3 Å². The normalized spacial score (nSPS) is 11.6. The topological polar surface area (TPSA) is 73.5 Å². The number of amides is 1. The number of fused-ring (bicyclic) bond motifs is 1. The van der Waals surface area contributed by atoms with Crippen LogP contribution in [0.1, 0.15) is 21.5 Å². The Bertz CT molecular complexity index is 1590. The molecule has 0 saturated carbocycles. The zero-order valence-corrected chi connectivity index (χ0v) is 20.0. The van der Waals surface area contributed by atoms with Crippen molar-refractivity contribution in [2.45, 2.75) is 20.0 Å². The van der Waals surface area contributed by atoms with Gasteiger partial charge in [-0.2, -0.15) is 18.3 Å². The third-order valence-corrected chi connectivity index (χ3v) is 5.83. The Balaban J connectivity index is 1.43. The lowest BCUT2D eigenvalue weighted by Crippen LogP contribution is -2.19. The molecule has 3 aromatic heterocycles. The van der Waals surface area contributed by atoms with Crippen LogP contribution in [0, 0.1) is 13.8 Å². The van der Waals surface area contributed by atoms with Crippen molar-refractivity contribution in [1.29, 1.82) is 0 Å². The molecule has 188 valence electrons. The summed E-state index contributed by atoms with van der Waals surface area (Å²) in [5.41, 5.74) is 5.93. The number of aryl methyl sites for hydroxylation is 2. The molecule has 0 aliphatic rings. The molecule has 2 aromatic carbocycles. The van der Waals surface area contributed by atoms with Gasteiger partial charge in [-0.05, 0) is 61.4 Å². The fourth-order valence-electron chi connectivity index (χ4n) is 4.06. The molecule has 0 spiro atoms. The fraction of sp³-hybridized carbons (Fsp3) is 0.148. The number of aromatic nitrogens is 4. The van der Waals surface area contributed by atoms with E-state index >= 15 is 0 Å². The largest absolute Gasteiger partial charge is 0.484 e. The molecule has 0 unspecified atom stereocenters. The molecule has 0 aliphatic carbocycles. The Morgan fingerprint density at radius 3 is 2.62 bits per heavy atom. The summed E-state index contributed by atoms with van der Waals surface area (Å²) >= 11 is 0. The van der Waals surface area contributed by atoms with Crippen LogP contribution in [0.5, 0.6) is 5.75 Å². The molecule has 37 heavy (non-hydrogen) atoms. The number of anilines is 1. The molecular weight excluding hydrogens is 483 g/mol. The van der Waals surface area contributed by atoms with Crippen LogP contribution in [0.15, 0.2) is 79.4 Å². The number of hydrogen-bond donors (Lipinski definition) is 1. The molecule has 10 heteroatoms. The number of halogens is 3. The van der Waals surface area contributed by atoms with Crippen molar-refractivity contribution in [3.05, 3.63) is 96.1 Å². The number of rotatable bonds is 6. The summed E-state index contributed by atoms with van der Waals surface area (Å²) in [5, 5.41) is 7.50. The van der Waals surface area contributed by atoms with Gasteiger partial charge in [0.05, 0.1) is 11.4 Å². The van der Waals surface area contributed by atoms with Gasteiger partial charge < -0.3 is 10.1 Å². The number of carbonyl (C=O) groups excluding carboxylic acids is 1. The van der Waals surface area contributed by atoms with Crippen LogP contribution < -0.4 is 10.1 Å².